The number of hydrogen-bond donors (Lipinski definition) is 6. The predicted molar refractivity (Wildman–Crippen MR) is 83.1 cm³/mol. The first-order chi connectivity index (χ1) is 10.9. The predicted octanol–water partition coefficient (Wildman–Crippen LogP) is -3.05. The summed E-state index contributed by atoms with van der Waals surface area (Å²) in [4.78, 5) is 0. The summed E-state index contributed by atoms with van der Waals surface area (Å²) in [5, 5.41) is 23.8. The third-order valence-corrected chi connectivity index (χ3v) is 4.50. The molecule has 0 aromatic heterocycles. The van der Waals surface area contributed by atoms with Gasteiger partial charge in [-0.25, -0.2) is 0 Å². The molecular formula is C14H28N4O5. The number of aliphatic hydroxyl groups is 2. The highest BCUT2D eigenvalue weighted by molar-refractivity contribution is 5.06. The highest BCUT2D eigenvalue weighted by Gasteiger charge is 2.50. The Bertz CT molecular complexity index is 424. The molecular weight excluding hydrogens is 304 g/mol. The number of likely N-dealkylation sites (N-methyl/N-ethyl adjacent to an activating group) is 1. The van der Waals surface area contributed by atoms with Crippen LogP contribution in [0, 0.1) is 0 Å². The van der Waals surface area contributed by atoms with Crippen LogP contribution in [0.4, 0.5) is 0 Å². The number of nitrogens with one attached hydrogen (secondary N) is 1. The van der Waals surface area contributed by atoms with E-state index in [1.165, 1.54) is 7.11 Å². The van der Waals surface area contributed by atoms with Crippen molar-refractivity contribution in [1.82, 2.24) is 5.32 Å². The van der Waals surface area contributed by atoms with Crippen LogP contribution in [0.25, 0.3) is 0 Å². The van der Waals surface area contributed by atoms with E-state index in [0.717, 1.165) is 0 Å². The molecule has 23 heavy (non-hydrogen) atoms. The molecule has 9 N–H and O–H groups in total. The average molecular weight is 332 g/mol. The molecule has 0 saturated heterocycles. The fraction of sp³-hybridized carbons (Fsp3) is 0.857. The Kier molecular flexibility index (Phi) is 6.34. The molecule has 1 saturated carbocycles. The molecule has 0 aromatic carbocycles. The minimum Gasteiger partial charge on any atom is -0.467 e. The number of ether oxygens (including phenoxy) is 3. The van der Waals surface area contributed by atoms with Gasteiger partial charge in [0.25, 0.3) is 0 Å². The van der Waals surface area contributed by atoms with Gasteiger partial charge in [0, 0.05) is 7.11 Å². The van der Waals surface area contributed by atoms with Crippen molar-refractivity contribution in [3.8, 4) is 0 Å². The Balaban J connectivity index is 2.13. The monoisotopic (exact) mass is 332 g/mol. The third-order valence-electron chi connectivity index (χ3n) is 4.50. The maximum atomic E-state index is 10.6. The topological polar surface area (TPSA) is 158 Å². The van der Waals surface area contributed by atoms with Crippen LogP contribution in [0.1, 0.15) is 6.42 Å². The SMILES string of the molecule is CN[C@H]1[C@@H](O)[C@H](O[C@H]2OC(CN)=CC[C@H]2N)[C@@H](N)[C@H](O)[C@@H]1OC. The Morgan fingerprint density at radius 3 is 2.57 bits per heavy atom. The van der Waals surface area contributed by atoms with Gasteiger partial charge in [0.15, 0.2) is 0 Å². The molecule has 0 unspecified atom stereocenters. The van der Waals surface area contributed by atoms with Crippen LogP contribution in [0.5, 0.6) is 0 Å². The van der Waals surface area contributed by atoms with Crippen molar-refractivity contribution in [2.24, 2.45) is 17.2 Å². The second-order valence-corrected chi connectivity index (χ2v) is 5.93. The molecule has 0 spiro atoms. The second kappa shape index (κ2) is 7.86. The van der Waals surface area contributed by atoms with E-state index in [4.69, 9.17) is 31.4 Å². The van der Waals surface area contributed by atoms with Crippen molar-refractivity contribution in [3.05, 3.63) is 11.8 Å². The maximum absolute atomic E-state index is 10.6. The van der Waals surface area contributed by atoms with Crippen molar-refractivity contribution < 1.29 is 24.4 Å². The summed E-state index contributed by atoms with van der Waals surface area (Å²) in [7, 11) is 3.12. The summed E-state index contributed by atoms with van der Waals surface area (Å²) in [6, 6.07) is -1.79. The lowest BCUT2D eigenvalue weighted by Crippen LogP contribution is -2.71. The molecule has 2 aliphatic rings. The lowest BCUT2D eigenvalue weighted by Gasteiger charge is -2.47. The highest BCUT2D eigenvalue weighted by atomic mass is 16.7. The van der Waals surface area contributed by atoms with Crippen molar-refractivity contribution in [3.63, 3.8) is 0 Å². The van der Waals surface area contributed by atoms with Crippen LogP contribution >= 0.6 is 0 Å². The zero-order valence-corrected chi connectivity index (χ0v) is 13.5. The van der Waals surface area contributed by atoms with Gasteiger partial charge < -0.3 is 46.9 Å². The lowest BCUT2D eigenvalue weighted by atomic mass is 9.81. The van der Waals surface area contributed by atoms with Crippen LogP contribution in [0.15, 0.2) is 11.8 Å². The van der Waals surface area contributed by atoms with Gasteiger partial charge in [0.2, 0.25) is 6.29 Å². The molecule has 134 valence electrons. The summed E-state index contributed by atoms with van der Waals surface area (Å²) < 4.78 is 16.7. The fourth-order valence-corrected chi connectivity index (χ4v) is 3.12. The Labute approximate surface area is 135 Å². The summed E-state index contributed by atoms with van der Waals surface area (Å²) in [5.41, 5.74) is 17.6. The molecule has 8 atom stereocenters. The van der Waals surface area contributed by atoms with Gasteiger partial charge >= 0.3 is 0 Å². The van der Waals surface area contributed by atoms with E-state index in [0.29, 0.717) is 12.2 Å². The van der Waals surface area contributed by atoms with E-state index in [1.807, 2.05) is 6.08 Å². The van der Waals surface area contributed by atoms with E-state index < -0.39 is 48.8 Å². The Morgan fingerprint density at radius 2 is 2.00 bits per heavy atom. The number of hydrogen-bond acceptors (Lipinski definition) is 9. The number of nitrogens with two attached hydrogens (primary N) is 3. The zero-order valence-electron chi connectivity index (χ0n) is 13.5. The van der Waals surface area contributed by atoms with Gasteiger partial charge in [-0.3, -0.25) is 0 Å². The normalized spacial score (nSPS) is 44.6. The van der Waals surface area contributed by atoms with Crippen molar-refractivity contribution >= 4 is 0 Å². The first-order valence-corrected chi connectivity index (χ1v) is 7.73. The molecule has 9 heteroatoms. The fourth-order valence-electron chi connectivity index (χ4n) is 3.12. The standard InChI is InChI=1S/C14H28N4O5/c1-18-9-11(20)12(8(17)10(19)13(9)21-2)23-14-7(16)4-3-6(5-15)22-14/h3,7-14,18-20H,4-5,15-17H2,1-2H3/t7-,8+,9+,10+,11-,12-,13-,14-/m1/s1. The average Bonchev–Trinajstić information content (AvgIpc) is 2.56. The molecule has 1 fully saturated rings. The number of aliphatic hydroxyl groups excluding tert-OH is 2. The summed E-state index contributed by atoms with van der Waals surface area (Å²) in [6.45, 7) is 0.235. The summed E-state index contributed by atoms with van der Waals surface area (Å²) in [5.74, 6) is 0.580. The third kappa shape index (κ3) is 3.67. The van der Waals surface area contributed by atoms with E-state index in [2.05, 4.69) is 5.32 Å². The van der Waals surface area contributed by atoms with Crippen molar-refractivity contribution in [2.45, 2.75) is 55.3 Å². The lowest BCUT2D eigenvalue weighted by molar-refractivity contribution is -0.230. The van der Waals surface area contributed by atoms with Gasteiger partial charge in [-0.1, -0.05) is 0 Å². The van der Waals surface area contributed by atoms with Gasteiger partial charge in [-0.2, -0.15) is 0 Å². The molecule has 1 heterocycles. The Morgan fingerprint density at radius 1 is 1.30 bits per heavy atom. The minimum absolute atomic E-state index is 0.235. The first-order valence-electron chi connectivity index (χ1n) is 7.73. The second-order valence-electron chi connectivity index (χ2n) is 5.93. The van der Waals surface area contributed by atoms with Crippen molar-refractivity contribution in [2.75, 3.05) is 20.7 Å². The molecule has 0 bridgehead atoms. The van der Waals surface area contributed by atoms with Crippen LogP contribution in [-0.2, 0) is 14.2 Å². The molecule has 0 aromatic rings. The van der Waals surface area contributed by atoms with Crippen LogP contribution < -0.4 is 22.5 Å². The first kappa shape index (κ1) is 18.6. The van der Waals surface area contributed by atoms with Crippen LogP contribution in [-0.4, -0.2) is 79.7 Å². The van der Waals surface area contributed by atoms with Gasteiger partial charge in [0.05, 0.1) is 36.9 Å². The van der Waals surface area contributed by atoms with Gasteiger partial charge in [-0.15, -0.1) is 0 Å². The Hall–Kier alpha value is -0.780. The van der Waals surface area contributed by atoms with E-state index in [9.17, 15) is 10.2 Å². The molecule has 0 radical (unpaired) electrons. The van der Waals surface area contributed by atoms with E-state index in [-0.39, 0.29) is 6.54 Å². The van der Waals surface area contributed by atoms with Crippen molar-refractivity contribution in [1.29, 1.82) is 0 Å². The van der Waals surface area contributed by atoms with Gasteiger partial charge in [0.1, 0.15) is 18.0 Å². The quantitative estimate of drug-likeness (QED) is 0.307. The van der Waals surface area contributed by atoms with Gasteiger partial charge in [-0.05, 0) is 19.5 Å². The summed E-state index contributed by atoms with van der Waals surface area (Å²) >= 11 is 0. The largest absolute Gasteiger partial charge is 0.467 e. The van der Waals surface area contributed by atoms with E-state index in [1.54, 1.807) is 7.05 Å². The molecule has 1 aliphatic heterocycles. The molecule has 9 nitrogen and oxygen atoms in total. The summed E-state index contributed by atoms with van der Waals surface area (Å²) in [6.07, 6.45) is -1.93. The van der Waals surface area contributed by atoms with Crippen LogP contribution in [0.2, 0.25) is 0 Å². The maximum Gasteiger partial charge on any atom is 0.215 e. The highest BCUT2D eigenvalue weighted by Crippen LogP contribution is 2.27. The number of methoxy groups -OCH3 is 1. The minimum atomic E-state index is -1.00. The van der Waals surface area contributed by atoms with Crippen LogP contribution in [0.3, 0.4) is 0 Å². The zero-order chi connectivity index (χ0) is 17.1. The number of rotatable bonds is 5. The molecule has 2 rings (SSSR count). The molecule has 1 aliphatic carbocycles. The smallest absolute Gasteiger partial charge is 0.215 e. The van der Waals surface area contributed by atoms with E-state index >= 15 is 0 Å². The molecule has 0 amide bonds.